The Bertz CT molecular complexity index is 1010. The van der Waals surface area contributed by atoms with Crippen molar-refractivity contribution >= 4 is 28.9 Å². The Labute approximate surface area is 187 Å². The smallest absolute Gasteiger partial charge is 0.475 e. The summed E-state index contributed by atoms with van der Waals surface area (Å²) in [6, 6.07) is 1.83. The van der Waals surface area contributed by atoms with Crippen LogP contribution in [0, 0.1) is 5.92 Å². The largest absolute Gasteiger partial charge is 0.490 e. The number of carboxylic acid groups (broad SMARTS) is 2. The Morgan fingerprint density at radius 3 is 2.03 bits per heavy atom. The van der Waals surface area contributed by atoms with Gasteiger partial charge in [0, 0.05) is 24.7 Å². The van der Waals surface area contributed by atoms with Crippen LogP contribution in [0.15, 0.2) is 12.7 Å². The maximum absolute atomic E-state index is 10.6. The highest BCUT2D eigenvalue weighted by molar-refractivity contribution is 5.83. The predicted octanol–water partition coefficient (Wildman–Crippen LogP) is 2.59. The highest BCUT2D eigenvalue weighted by Crippen LogP contribution is 2.41. The van der Waals surface area contributed by atoms with Gasteiger partial charge in [0.15, 0.2) is 11.5 Å². The lowest BCUT2D eigenvalue weighted by atomic mass is 10.0. The maximum atomic E-state index is 10.6. The van der Waals surface area contributed by atoms with Gasteiger partial charge in [0.2, 0.25) is 0 Å². The van der Waals surface area contributed by atoms with E-state index in [1.165, 1.54) is 25.7 Å². The molecule has 0 amide bonds. The predicted molar refractivity (Wildman–Crippen MR) is 103 cm³/mol. The molecular weight excluding hydrogens is 478 g/mol. The molecule has 4 N–H and O–H groups in total. The first-order valence-corrected chi connectivity index (χ1v) is 10.0. The van der Waals surface area contributed by atoms with E-state index >= 15 is 0 Å². The molecule has 2 aromatic heterocycles. The Morgan fingerprint density at radius 1 is 1.00 bits per heavy atom. The van der Waals surface area contributed by atoms with Gasteiger partial charge in [0.25, 0.3) is 0 Å². The number of piperidine rings is 1. The topological polar surface area (TPSA) is 142 Å². The molecule has 2 saturated carbocycles. The minimum absolute atomic E-state index is 0.551. The van der Waals surface area contributed by atoms with Gasteiger partial charge in [-0.05, 0) is 31.6 Å². The molecule has 3 atom stereocenters. The number of hydrogen-bond acceptors (Lipinski definition) is 7. The molecule has 0 aromatic carbocycles. The van der Waals surface area contributed by atoms with Crippen molar-refractivity contribution in [3.8, 4) is 0 Å². The summed E-state index contributed by atoms with van der Waals surface area (Å²) in [7, 11) is 0. The zero-order chi connectivity index (χ0) is 25.3. The minimum Gasteiger partial charge on any atom is -0.475 e. The highest BCUT2D eigenvalue weighted by Gasteiger charge is 2.41. The molecule has 34 heavy (non-hydrogen) atoms. The number of fused-ring (bicyclic) bond motifs is 3. The lowest BCUT2D eigenvalue weighted by Gasteiger charge is -2.23. The molecule has 3 heterocycles. The highest BCUT2D eigenvalue weighted by atomic mass is 19.4. The zero-order valence-corrected chi connectivity index (χ0v) is 17.3. The van der Waals surface area contributed by atoms with Crippen molar-refractivity contribution in [2.45, 2.75) is 56.2 Å². The molecule has 2 aromatic rings. The van der Waals surface area contributed by atoms with Gasteiger partial charge in [-0.15, -0.1) is 0 Å². The molecule has 3 aliphatic rings. The van der Waals surface area contributed by atoms with Crippen LogP contribution >= 0.6 is 0 Å². The summed E-state index contributed by atoms with van der Waals surface area (Å²) in [4.78, 5) is 31.2. The van der Waals surface area contributed by atoms with Crippen LogP contribution in [0.25, 0.3) is 11.2 Å². The molecule has 188 valence electrons. The summed E-state index contributed by atoms with van der Waals surface area (Å²) in [6.45, 7) is 1.13. The van der Waals surface area contributed by atoms with Crippen LogP contribution in [0.3, 0.4) is 0 Å². The van der Waals surface area contributed by atoms with Crippen molar-refractivity contribution in [3.63, 3.8) is 0 Å². The average molecular weight is 498 g/mol. The van der Waals surface area contributed by atoms with E-state index in [2.05, 4.69) is 30.2 Å². The van der Waals surface area contributed by atoms with Crippen molar-refractivity contribution in [1.82, 2.24) is 24.8 Å². The van der Waals surface area contributed by atoms with E-state index in [0.717, 1.165) is 29.4 Å². The van der Waals surface area contributed by atoms with Crippen molar-refractivity contribution in [3.05, 3.63) is 12.7 Å². The van der Waals surface area contributed by atoms with Gasteiger partial charge in [-0.25, -0.2) is 24.5 Å². The molecule has 0 radical (unpaired) electrons. The molecule has 1 aliphatic heterocycles. The second-order valence-corrected chi connectivity index (χ2v) is 7.97. The molecule has 10 nitrogen and oxygen atoms in total. The van der Waals surface area contributed by atoms with E-state index in [9.17, 15) is 26.3 Å². The fourth-order valence-electron chi connectivity index (χ4n) is 3.77. The fourth-order valence-corrected chi connectivity index (χ4v) is 3.77. The number of rotatable bonds is 3. The number of halogens is 6. The van der Waals surface area contributed by atoms with E-state index in [-0.39, 0.29) is 0 Å². The number of aromatic nitrogens is 4. The Kier molecular flexibility index (Phi) is 7.18. The molecule has 2 bridgehead atoms. The first-order valence-electron chi connectivity index (χ1n) is 10.0. The normalized spacial score (nSPS) is 23.5. The van der Waals surface area contributed by atoms with Crippen molar-refractivity contribution < 1.29 is 46.1 Å². The van der Waals surface area contributed by atoms with Crippen LogP contribution in [0.1, 0.15) is 31.7 Å². The van der Waals surface area contributed by atoms with Gasteiger partial charge in [-0.3, -0.25) is 0 Å². The number of aliphatic carboxylic acids is 2. The number of imidazole rings is 1. The lowest BCUT2D eigenvalue weighted by Crippen LogP contribution is -2.30. The average Bonchev–Trinajstić information content (AvgIpc) is 3.13. The Hall–Kier alpha value is -3.17. The SMILES string of the molecule is O=C(O)C(F)(F)F.O=C(O)C(F)(F)F.c1nc(NC2CC2)c2ncn([C@H]3C[C@H]4C[C@@H]3CN4)c2n1. The van der Waals surface area contributed by atoms with E-state index in [0.29, 0.717) is 18.1 Å². The number of anilines is 1. The summed E-state index contributed by atoms with van der Waals surface area (Å²) in [6.07, 6.45) is -1.57. The molecule has 5 rings (SSSR count). The van der Waals surface area contributed by atoms with Crippen molar-refractivity contribution in [2.24, 2.45) is 5.92 Å². The number of nitrogens with one attached hydrogen (secondary N) is 2. The summed E-state index contributed by atoms with van der Waals surface area (Å²) in [5.74, 6) is -3.88. The van der Waals surface area contributed by atoms with Crippen molar-refractivity contribution in [1.29, 1.82) is 0 Å². The lowest BCUT2D eigenvalue weighted by molar-refractivity contribution is -0.193. The Morgan fingerprint density at radius 2 is 1.59 bits per heavy atom. The molecular formula is C18H20F6N6O4. The molecule has 16 heteroatoms. The fraction of sp³-hybridized carbons (Fsp3) is 0.611. The summed E-state index contributed by atoms with van der Waals surface area (Å²) < 4.78 is 65.8. The second kappa shape index (κ2) is 9.60. The monoisotopic (exact) mass is 498 g/mol. The van der Waals surface area contributed by atoms with Crippen LogP contribution in [-0.4, -0.2) is 72.7 Å². The number of carbonyl (C=O) groups is 2. The minimum atomic E-state index is -5.08. The third-order valence-electron chi connectivity index (χ3n) is 5.45. The van der Waals surface area contributed by atoms with Crippen LogP contribution in [0.2, 0.25) is 0 Å². The van der Waals surface area contributed by atoms with Gasteiger partial charge in [-0.1, -0.05) is 0 Å². The molecule has 2 aliphatic carbocycles. The van der Waals surface area contributed by atoms with E-state index in [1.807, 2.05) is 6.33 Å². The quantitative estimate of drug-likeness (QED) is 0.470. The maximum Gasteiger partial charge on any atom is 0.490 e. The number of nitrogens with zero attached hydrogens (tertiary/aromatic N) is 4. The van der Waals surface area contributed by atoms with E-state index < -0.39 is 24.3 Å². The van der Waals surface area contributed by atoms with Gasteiger partial charge in [-0.2, -0.15) is 26.3 Å². The van der Waals surface area contributed by atoms with Gasteiger partial charge in [0.05, 0.1) is 6.33 Å². The summed E-state index contributed by atoms with van der Waals surface area (Å²) >= 11 is 0. The Balaban J connectivity index is 0.000000194. The molecule has 0 unspecified atom stereocenters. The zero-order valence-electron chi connectivity index (χ0n) is 17.3. The van der Waals surface area contributed by atoms with Gasteiger partial charge < -0.3 is 25.4 Å². The van der Waals surface area contributed by atoms with Crippen LogP contribution in [-0.2, 0) is 9.59 Å². The second-order valence-electron chi connectivity index (χ2n) is 7.97. The number of carboxylic acids is 2. The first kappa shape index (κ1) is 25.5. The first-order chi connectivity index (χ1) is 15.8. The third-order valence-corrected chi connectivity index (χ3v) is 5.45. The summed E-state index contributed by atoms with van der Waals surface area (Å²) in [5.41, 5.74) is 1.91. The van der Waals surface area contributed by atoms with E-state index in [4.69, 9.17) is 19.8 Å². The van der Waals surface area contributed by atoms with Crippen LogP contribution in [0.4, 0.5) is 32.2 Å². The molecule has 3 fully saturated rings. The van der Waals surface area contributed by atoms with Crippen LogP contribution in [0.5, 0.6) is 0 Å². The number of hydrogen-bond donors (Lipinski definition) is 4. The van der Waals surface area contributed by atoms with Gasteiger partial charge in [0.1, 0.15) is 11.8 Å². The standard InChI is InChI=1S/C14H18N6.2C2HF3O2/c1-2-9(1)19-13-12-14(17-6-16-13)20(7-18-12)11-4-10-3-8(11)5-15-10;2*3-2(4,5)1(6)7/h6-11,15H,1-5H2,(H,16,17,19);2*(H,6,7)/t8-,10-,11+;;/m1../s1. The molecule has 1 saturated heterocycles. The summed E-state index contributed by atoms with van der Waals surface area (Å²) in [5, 5.41) is 21.3. The number of alkyl halides is 6. The van der Waals surface area contributed by atoms with E-state index in [1.54, 1.807) is 6.33 Å². The third kappa shape index (κ3) is 6.24. The van der Waals surface area contributed by atoms with Gasteiger partial charge >= 0.3 is 24.3 Å². The van der Waals surface area contributed by atoms with Crippen molar-refractivity contribution in [2.75, 3.05) is 11.9 Å². The van der Waals surface area contributed by atoms with Crippen LogP contribution < -0.4 is 10.6 Å². The molecule has 0 spiro atoms.